The van der Waals surface area contributed by atoms with Crippen molar-refractivity contribution in [2.24, 2.45) is 5.92 Å². The third-order valence-electron chi connectivity index (χ3n) is 6.58. The lowest BCUT2D eigenvalue weighted by molar-refractivity contribution is -0.143. The van der Waals surface area contributed by atoms with Crippen LogP contribution < -0.4 is 0 Å². The molecule has 0 aliphatic carbocycles. The van der Waals surface area contributed by atoms with E-state index >= 15 is 0 Å². The predicted octanol–water partition coefficient (Wildman–Crippen LogP) is 2.69. The van der Waals surface area contributed by atoms with Gasteiger partial charge in [0.1, 0.15) is 5.82 Å². The number of likely N-dealkylation sites (tertiary alicyclic amines) is 2. The van der Waals surface area contributed by atoms with Gasteiger partial charge in [-0.05, 0) is 48.1 Å². The van der Waals surface area contributed by atoms with Gasteiger partial charge in [-0.3, -0.25) is 24.3 Å². The molecule has 0 radical (unpaired) electrons. The van der Waals surface area contributed by atoms with Crippen LogP contribution in [0.4, 0.5) is 4.39 Å². The Morgan fingerprint density at radius 2 is 2.12 bits per heavy atom. The summed E-state index contributed by atoms with van der Waals surface area (Å²) in [6.07, 6.45) is 4.69. The Bertz CT molecular complexity index is 1030. The molecule has 1 aromatic heterocycles. The standard InChI is InChI=1S/C25H28FN3O4/c1-33-17-19-6-4-10-28(15-19)22(30)12-25(20-7-2-8-21(26)11-20)13-23(31)29(24(25)32)16-18-5-3-9-27-14-18/h2-3,5,7-9,11,14,19H,4,6,10,12-13,15-17H2,1H3/t19-,25+/m1/s1. The van der Waals surface area contributed by atoms with Gasteiger partial charge < -0.3 is 9.64 Å². The molecule has 174 valence electrons. The fraction of sp³-hybridized carbons (Fsp3) is 0.440. The number of methoxy groups -OCH3 is 1. The average Bonchev–Trinajstić information content (AvgIpc) is 3.05. The van der Waals surface area contributed by atoms with E-state index in [0.717, 1.165) is 12.8 Å². The molecule has 3 amide bonds. The average molecular weight is 454 g/mol. The molecular weight excluding hydrogens is 425 g/mol. The topological polar surface area (TPSA) is 79.8 Å². The largest absolute Gasteiger partial charge is 0.384 e. The molecule has 0 N–H and O–H groups in total. The molecule has 0 spiro atoms. The van der Waals surface area contributed by atoms with E-state index in [1.165, 1.54) is 23.1 Å². The number of hydrogen-bond donors (Lipinski definition) is 0. The zero-order valence-electron chi connectivity index (χ0n) is 18.7. The first kappa shape index (κ1) is 23.0. The number of rotatable bonds is 7. The van der Waals surface area contributed by atoms with Crippen LogP contribution in [0.1, 0.15) is 36.8 Å². The van der Waals surface area contributed by atoms with Gasteiger partial charge in [-0.25, -0.2) is 4.39 Å². The van der Waals surface area contributed by atoms with Crippen LogP contribution in [0.2, 0.25) is 0 Å². The number of ether oxygens (including phenoxy) is 1. The zero-order valence-corrected chi connectivity index (χ0v) is 18.7. The number of piperidine rings is 1. The normalized spacial score (nSPS) is 23.3. The summed E-state index contributed by atoms with van der Waals surface area (Å²) in [7, 11) is 1.64. The first-order chi connectivity index (χ1) is 15.9. The molecule has 0 unspecified atom stereocenters. The summed E-state index contributed by atoms with van der Waals surface area (Å²) in [6.45, 7) is 1.78. The van der Waals surface area contributed by atoms with Crippen molar-refractivity contribution in [2.45, 2.75) is 37.6 Å². The van der Waals surface area contributed by atoms with Gasteiger partial charge in [0.05, 0.1) is 18.6 Å². The summed E-state index contributed by atoms with van der Waals surface area (Å²) in [6, 6.07) is 9.19. The highest BCUT2D eigenvalue weighted by molar-refractivity contribution is 6.10. The van der Waals surface area contributed by atoms with E-state index in [-0.39, 0.29) is 37.1 Å². The van der Waals surface area contributed by atoms with Crippen molar-refractivity contribution < 1.29 is 23.5 Å². The van der Waals surface area contributed by atoms with Crippen molar-refractivity contribution in [3.8, 4) is 0 Å². The van der Waals surface area contributed by atoms with Crippen molar-refractivity contribution in [1.29, 1.82) is 0 Å². The van der Waals surface area contributed by atoms with Crippen molar-refractivity contribution in [3.63, 3.8) is 0 Å². The van der Waals surface area contributed by atoms with Gasteiger partial charge in [0.15, 0.2) is 0 Å². The van der Waals surface area contributed by atoms with Crippen LogP contribution in [-0.2, 0) is 31.1 Å². The van der Waals surface area contributed by atoms with Gasteiger partial charge in [-0.1, -0.05) is 18.2 Å². The Morgan fingerprint density at radius 1 is 1.27 bits per heavy atom. The predicted molar refractivity (Wildman–Crippen MR) is 118 cm³/mol. The fourth-order valence-electron chi connectivity index (χ4n) is 4.92. The first-order valence-electron chi connectivity index (χ1n) is 11.2. The third kappa shape index (κ3) is 4.80. The fourth-order valence-corrected chi connectivity index (χ4v) is 4.92. The molecule has 3 heterocycles. The van der Waals surface area contributed by atoms with E-state index < -0.39 is 17.1 Å². The number of nitrogens with zero attached hydrogens (tertiary/aromatic N) is 3. The quantitative estimate of drug-likeness (QED) is 0.603. The number of aromatic nitrogens is 1. The van der Waals surface area contributed by atoms with E-state index in [9.17, 15) is 18.8 Å². The highest BCUT2D eigenvalue weighted by atomic mass is 19.1. The van der Waals surface area contributed by atoms with Crippen molar-refractivity contribution in [1.82, 2.24) is 14.8 Å². The molecular formula is C25H28FN3O4. The number of amides is 3. The molecule has 2 aliphatic rings. The summed E-state index contributed by atoms with van der Waals surface area (Å²) in [5.74, 6) is -1.33. The van der Waals surface area contributed by atoms with Crippen LogP contribution in [0.3, 0.4) is 0 Å². The van der Waals surface area contributed by atoms with Crippen molar-refractivity contribution >= 4 is 17.7 Å². The molecule has 0 bridgehead atoms. The lowest BCUT2D eigenvalue weighted by Crippen LogP contribution is -2.46. The number of carbonyl (C=O) groups is 3. The molecule has 2 aliphatic heterocycles. The van der Waals surface area contributed by atoms with Crippen LogP contribution in [0.5, 0.6) is 0 Å². The lowest BCUT2D eigenvalue weighted by Gasteiger charge is -2.35. The SMILES string of the molecule is COC[C@@H]1CCCN(C(=O)C[C@@]2(c3cccc(F)c3)CC(=O)N(Cc3cccnc3)C2=O)C1. The van der Waals surface area contributed by atoms with E-state index in [4.69, 9.17) is 4.74 Å². The minimum atomic E-state index is -1.42. The van der Waals surface area contributed by atoms with Crippen LogP contribution in [0, 0.1) is 11.7 Å². The molecule has 2 atom stereocenters. The molecule has 33 heavy (non-hydrogen) atoms. The molecule has 8 heteroatoms. The van der Waals surface area contributed by atoms with E-state index in [0.29, 0.717) is 30.8 Å². The van der Waals surface area contributed by atoms with E-state index in [2.05, 4.69) is 4.98 Å². The molecule has 7 nitrogen and oxygen atoms in total. The van der Waals surface area contributed by atoms with Gasteiger partial charge in [0.25, 0.3) is 0 Å². The van der Waals surface area contributed by atoms with Crippen LogP contribution in [-0.4, -0.2) is 59.3 Å². The Labute approximate surface area is 192 Å². The second-order valence-corrected chi connectivity index (χ2v) is 8.90. The molecule has 1 aromatic carbocycles. The van der Waals surface area contributed by atoms with Crippen LogP contribution in [0.25, 0.3) is 0 Å². The maximum Gasteiger partial charge on any atom is 0.241 e. The van der Waals surface area contributed by atoms with Crippen molar-refractivity contribution in [2.75, 3.05) is 26.8 Å². The molecule has 2 saturated heterocycles. The number of hydrogen-bond acceptors (Lipinski definition) is 5. The maximum absolute atomic E-state index is 14.2. The number of carbonyl (C=O) groups excluding carboxylic acids is 3. The Kier molecular flexibility index (Phi) is 6.83. The Hall–Kier alpha value is -3.13. The smallest absolute Gasteiger partial charge is 0.241 e. The van der Waals surface area contributed by atoms with Crippen LogP contribution in [0.15, 0.2) is 48.8 Å². The summed E-state index contributed by atoms with van der Waals surface area (Å²) in [5.41, 5.74) is -0.362. The summed E-state index contributed by atoms with van der Waals surface area (Å²) in [4.78, 5) is 47.1. The number of benzene rings is 1. The van der Waals surface area contributed by atoms with Gasteiger partial charge in [0.2, 0.25) is 17.7 Å². The van der Waals surface area contributed by atoms with Gasteiger partial charge in [0, 0.05) is 45.4 Å². The minimum Gasteiger partial charge on any atom is -0.384 e. The highest BCUT2D eigenvalue weighted by Crippen LogP contribution is 2.41. The van der Waals surface area contributed by atoms with Gasteiger partial charge in [-0.15, -0.1) is 0 Å². The van der Waals surface area contributed by atoms with Gasteiger partial charge in [-0.2, -0.15) is 0 Å². The minimum absolute atomic E-state index is 0.0659. The molecule has 2 aromatic rings. The summed E-state index contributed by atoms with van der Waals surface area (Å²) < 4.78 is 19.4. The summed E-state index contributed by atoms with van der Waals surface area (Å²) >= 11 is 0. The maximum atomic E-state index is 14.2. The summed E-state index contributed by atoms with van der Waals surface area (Å²) in [5, 5.41) is 0. The monoisotopic (exact) mass is 453 g/mol. The number of imide groups is 1. The second kappa shape index (κ2) is 9.79. The van der Waals surface area contributed by atoms with Crippen LogP contribution >= 0.6 is 0 Å². The Morgan fingerprint density at radius 3 is 2.85 bits per heavy atom. The molecule has 2 fully saturated rings. The molecule has 4 rings (SSSR count). The van der Waals surface area contributed by atoms with E-state index in [1.807, 2.05) is 0 Å². The second-order valence-electron chi connectivity index (χ2n) is 8.90. The number of halogens is 1. The van der Waals surface area contributed by atoms with Gasteiger partial charge >= 0.3 is 0 Å². The van der Waals surface area contributed by atoms with E-state index in [1.54, 1.807) is 42.6 Å². The number of pyridine rings is 1. The lowest BCUT2D eigenvalue weighted by atomic mass is 9.75. The van der Waals surface area contributed by atoms with Crippen molar-refractivity contribution in [3.05, 3.63) is 65.7 Å². The molecule has 0 saturated carbocycles. The zero-order chi connectivity index (χ0) is 23.4. The third-order valence-corrected chi connectivity index (χ3v) is 6.58. The highest BCUT2D eigenvalue weighted by Gasteiger charge is 2.54. The first-order valence-corrected chi connectivity index (χ1v) is 11.2. The Balaban J connectivity index is 1.63.